The van der Waals surface area contributed by atoms with Crippen LogP contribution in [0.4, 0.5) is 5.69 Å². The average Bonchev–Trinajstić information content (AvgIpc) is 2.85. The zero-order chi connectivity index (χ0) is 18.1. The van der Waals surface area contributed by atoms with Crippen molar-refractivity contribution in [2.75, 3.05) is 4.90 Å². The van der Waals surface area contributed by atoms with Gasteiger partial charge in [0, 0.05) is 15.6 Å². The highest BCUT2D eigenvalue weighted by molar-refractivity contribution is 8.27. The van der Waals surface area contributed by atoms with E-state index in [0.29, 0.717) is 30.5 Å². The predicted molar refractivity (Wildman–Crippen MR) is 106 cm³/mol. The summed E-state index contributed by atoms with van der Waals surface area (Å²) >= 11 is 18.7. The van der Waals surface area contributed by atoms with Gasteiger partial charge < -0.3 is 5.11 Å². The number of hydrogen-bond acceptors (Lipinski definition) is 4. The van der Waals surface area contributed by atoms with Crippen molar-refractivity contribution in [2.24, 2.45) is 0 Å². The minimum atomic E-state index is -1.08. The van der Waals surface area contributed by atoms with Crippen LogP contribution in [0.3, 0.4) is 0 Å². The lowest BCUT2D eigenvalue weighted by Crippen LogP contribution is -2.27. The van der Waals surface area contributed by atoms with Gasteiger partial charge >= 0.3 is 5.97 Å². The highest BCUT2D eigenvalue weighted by Crippen LogP contribution is 2.38. The molecule has 8 heteroatoms. The molecular formula is C17H9Cl2NO3S2. The summed E-state index contributed by atoms with van der Waals surface area (Å²) in [6.07, 6.45) is 1.59. The number of carboxylic acids is 1. The lowest BCUT2D eigenvalue weighted by molar-refractivity contribution is -0.113. The van der Waals surface area contributed by atoms with Crippen LogP contribution in [0.25, 0.3) is 6.08 Å². The molecule has 2 aromatic rings. The van der Waals surface area contributed by atoms with Crippen molar-refractivity contribution < 1.29 is 14.7 Å². The second kappa shape index (κ2) is 7.17. The summed E-state index contributed by atoms with van der Waals surface area (Å²) in [5.41, 5.74) is 1.01. The van der Waals surface area contributed by atoms with E-state index in [9.17, 15) is 9.59 Å². The van der Waals surface area contributed by atoms with Gasteiger partial charge in [-0.3, -0.25) is 9.69 Å². The fraction of sp³-hybridized carbons (Fsp3) is 0. The first-order valence-corrected chi connectivity index (χ1v) is 8.92. The molecule has 0 saturated carbocycles. The second-order valence-electron chi connectivity index (χ2n) is 5.01. The smallest absolute Gasteiger partial charge is 0.335 e. The lowest BCUT2D eigenvalue weighted by atomic mass is 10.2. The van der Waals surface area contributed by atoms with E-state index in [1.807, 2.05) is 0 Å². The summed E-state index contributed by atoms with van der Waals surface area (Å²) in [5, 5.41) is 9.95. The van der Waals surface area contributed by atoms with Crippen LogP contribution in [0.2, 0.25) is 10.0 Å². The third-order valence-corrected chi connectivity index (χ3v) is 5.38. The Labute approximate surface area is 163 Å². The highest BCUT2D eigenvalue weighted by Gasteiger charge is 2.33. The number of benzene rings is 2. The van der Waals surface area contributed by atoms with Crippen LogP contribution >= 0.6 is 47.2 Å². The summed E-state index contributed by atoms with van der Waals surface area (Å²) in [4.78, 5) is 25.5. The molecule has 126 valence electrons. The SMILES string of the molecule is O=C(O)c1cccc(N2C(=O)/C(=C\c3c(Cl)cccc3Cl)SC2=S)c1. The second-order valence-corrected chi connectivity index (χ2v) is 7.50. The number of anilines is 1. The minimum absolute atomic E-state index is 0.0738. The Morgan fingerprint density at radius 1 is 1.16 bits per heavy atom. The number of aromatic carboxylic acids is 1. The first-order valence-electron chi connectivity index (χ1n) is 6.94. The molecule has 0 aromatic heterocycles. The van der Waals surface area contributed by atoms with Gasteiger partial charge in [0.2, 0.25) is 0 Å². The fourth-order valence-corrected chi connectivity index (χ4v) is 4.04. The van der Waals surface area contributed by atoms with Crippen LogP contribution in [0.5, 0.6) is 0 Å². The number of thiocarbonyl (C=S) groups is 1. The fourth-order valence-electron chi connectivity index (χ4n) is 2.25. The van der Waals surface area contributed by atoms with Gasteiger partial charge in [-0.1, -0.05) is 59.3 Å². The highest BCUT2D eigenvalue weighted by atomic mass is 35.5. The monoisotopic (exact) mass is 409 g/mol. The van der Waals surface area contributed by atoms with Crippen LogP contribution < -0.4 is 4.90 Å². The Hall–Kier alpha value is -1.86. The van der Waals surface area contributed by atoms with Gasteiger partial charge in [-0.05, 0) is 36.4 Å². The quantitative estimate of drug-likeness (QED) is 0.564. The van der Waals surface area contributed by atoms with Crippen LogP contribution in [-0.2, 0) is 4.79 Å². The van der Waals surface area contributed by atoms with E-state index in [-0.39, 0.29) is 11.5 Å². The molecule has 25 heavy (non-hydrogen) atoms. The molecule has 1 N–H and O–H groups in total. The number of carbonyl (C=O) groups is 2. The average molecular weight is 410 g/mol. The van der Waals surface area contributed by atoms with Crippen LogP contribution in [0, 0.1) is 0 Å². The molecule has 2 aromatic carbocycles. The maximum Gasteiger partial charge on any atom is 0.335 e. The predicted octanol–water partition coefficient (Wildman–Crippen LogP) is 5.10. The largest absolute Gasteiger partial charge is 0.478 e. The number of amides is 1. The number of carbonyl (C=O) groups excluding carboxylic acids is 1. The topological polar surface area (TPSA) is 57.6 Å². The molecule has 0 bridgehead atoms. The standard InChI is InChI=1S/C17H9Cl2NO3S2/c18-12-5-2-6-13(19)11(12)8-14-15(21)20(17(24)25-14)10-4-1-3-9(7-10)16(22)23/h1-8H,(H,22,23)/b14-8+. The Kier molecular flexibility index (Phi) is 5.15. The van der Waals surface area contributed by atoms with Gasteiger partial charge in [0.05, 0.1) is 16.2 Å². The number of halogens is 2. The van der Waals surface area contributed by atoms with Crippen molar-refractivity contribution >= 4 is 75.1 Å². The number of carboxylic acid groups (broad SMARTS) is 1. The molecule has 0 aliphatic carbocycles. The Balaban J connectivity index is 2.00. The van der Waals surface area contributed by atoms with E-state index in [1.165, 1.54) is 17.0 Å². The van der Waals surface area contributed by atoms with E-state index >= 15 is 0 Å². The molecule has 1 heterocycles. The Morgan fingerprint density at radius 2 is 1.80 bits per heavy atom. The van der Waals surface area contributed by atoms with Crippen LogP contribution in [0.1, 0.15) is 15.9 Å². The van der Waals surface area contributed by atoms with Gasteiger partial charge in [0.1, 0.15) is 0 Å². The first-order chi connectivity index (χ1) is 11.9. The maximum atomic E-state index is 12.7. The number of rotatable bonds is 3. The van der Waals surface area contributed by atoms with Gasteiger partial charge in [-0.25, -0.2) is 4.79 Å². The maximum absolute atomic E-state index is 12.7. The zero-order valence-electron chi connectivity index (χ0n) is 12.4. The molecule has 1 aliphatic heterocycles. The van der Waals surface area contributed by atoms with Crippen molar-refractivity contribution in [3.8, 4) is 0 Å². The molecule has 1 aliphatic rings. The number of thioether (sulfide) groups is 1. The van der Waals surface area contributed by atoms with Crippen molar-refractivity contribution in [2.45, 2.75) is 0 Å². The van der Waals surface area contributed by atoms with Gasteiger partial charge in [-0.2, -0.15) is 0 Å². The molecule has 4 nitrogen and oxygen atoms in total. The van der Waals surface area contributed by atoms with Gasteiger partial charge in [0.15, 0.2) is 4.32 Å². The van der Waals surface area contributed by atoms with Gasteiger partial charge in [0.25, 0.3) is 5.91 Å². The van der Waals surface area contributed by atoms with Crippen LogP contribution in [0.15, 0.2) is 47.4 Å². The number of hydrogen-bond donors (Lipinski definition) is 1. The molecule has 1 amide bonds. The molecule has 1 fully saturated rings. The third-order valence-electron chi connectivity index (χ3n) is 3.42. The lowest BCUT2D eigenvalue weighted by Gasteiger charge is -2.14. The Bertz CT molecular complexity index is 923. The van der Waals surface area contributed by atoms with Crippen molar-refractivity contribution in [1.82, 2.24) is 0 Å². The molecule has 0 unspecified atom stereocenters. The summed E-state index contributed by atoms with van der Waals surface area (Å²) in [6, 6.07) is 11.1. The summed E-state index contributed by atoms with van der Waals surface area (Å²) in [6.45, 7) is 0. The summed E-state index contributed by atoms with van der Waals surface area (Å²) in [7, 11) is 0. The summed E-state index contributed by atoms with van der Waals surface area (Å²) < 4.78 is 0.307. The van der Waals surface area contributed by atoms with E-state index < -0.39 is 5.97 Å². The minimum Gasteiger partial charge on any atom is -0.478 e. The van der Waals surface area contributed by atoms with E-state index in [4.69, 9.17) is 40.5 Å². The van der Waals surface area contributed by atoms with Crippen molar-refractivity contribution in [3.63, 3.8) is 0 Å². The van der Waals surface area contributed by atoms with Crippen molar-refractivity contribution in [3.05, 3.63) is 68.5 Å². The molecule has 0 radical (unpaired) electrons. The third kappa shape index (κ3) is 3.57. The number of nitrogens with zero attached hydrogens (tertiary/aromatic N) is 1. The molecule has 0 spiro atoms. The molecular weight excluding hydrogens is 401 g/mol. The van der Waals surface area contributed by atoms with Crippen molar-refractivity contribution in [1.29, 1.82) is 0 Å². The van der Waals surface area contributed by atoms with E-state index in [1.54, 1.807) is 36.4 Å². The van der Waals surface area contributed by atoms with Gasteiger partial charge in [-0.15, -0.1) is 0 Å². The first kappa shape index (κ1) is 17.9. The summed E-state index contributed by atoms with van der Waals surface area (Å²) in [5.74, 6) is -1.43. The molecule has 0 atom stereocenters. The Morgan fingerprint density at radius 3 is 2.44 bits per heavy atom. The molecule has 1 saturated heterocycles. The van der Waals surface area contributed by atoms with E-state index in [0.717, 1.165) is 11.8 Å². The zero-order valence-corrected chi connectivity index (χ0v) is 15.5. The van der Waals surface area contributed by atoms with Crippen LogP contribution in [-0.4, -0.2) is 21.3 Å². The van der Waals surface area contributed by atoms with E-state index in [2.05, 4.69) is 0 Å². The normalized spacial score (nSPS) is 15.9. The molecule has 3 rings (SSSR count).